The molecule has 1 N–H and O–H groups in total. The molecular formula is C23H26N4O4. The zero-order valence-electron chi connectivity index (χ0n) is 17.9. The Bertz CT molecular complexity index is 1120. The van der Waals surface area contributed by atoms with Crippen molar-refractivity contribution in [1.29, 1.82) is 0 Å². The van der Waals surface area contributed by atoms with Crippen molar-refractivity contribution in [2.75, 3.05) is 32.7 Å². The monoisotopic (exact) mass is 422 g/mol. The van der Waals surface area contributed by atoms with Crippen molar-refractivity contribution in [2.45, 2.75) is 20.0 Å². The van der Waals surface area contributed by atoms with Crippen LogP contribution < -0.4 is 14.8 Å². The lowest BCUT2D eigenvalue weighted by Crippen LogP contribution is -2.34. The van der Waals surface area contributed by atoms with Crippen molar-refractivity contribution in [3.63, 3.8) is 0 Å². The van der Waals surface area contributed by atoms with Crippen LogP contribution in [0.25, 0.3) is 10.9 Å². The number of ether oxygens (including phenoxy) is 2. The molecule has 0 bridgehead atoms. The summed E-state index contributed by atoms with van der Waals surface area (Å²) in [5.41, 5.74) is 2.62. The summed E-state index contributed by atoms with van der Waals surface area (Å²) >= 11 is 0. The van der Waals surface area contributed by atoms with Gasteiger partial charge in [0, 0.05) is 50.0 Å². The number of aromatic nitrogens is 1. The second kappa shape index (κ2) is 8.59. The third-order valence-electron chi connectivity index (χ3n) is 5.31. The number of benzene rings is 2. The van der Waals surface area contributed by atoms with E-state index in [9.17, 15) is 9.59 Å². The number of carbonyl (C=O) groups excluding carboxylic acids is 2. The summed E-state index contributed by atoms with van der Waals surface area (Å²) in [6, 6.07) is 13.2. The molecule has 2 aromatic carbocycles. The smallest absolute Gasteiger partial charge is 0.322 e. The molecule has 1 aliphatic rings. The highest BCUT2D eigenvalue weighted by Crippen LogP contribution is 2.32. The maximum atomic E-state index is 12.8. The van der Waals surface area contributed by atoms with Crippen LogP contribution >= 0.6 is 0 Å². The molecule has 4 rings (SSSR count). The number of hydrogen-bond donors (Lipinski definition) is 1. The van der Waals surface area contributed by atoms with E-state index in [-0.39, 0.29) is 25.3 Å². The molecule has 0 radical (unpaired) electrons. The third kappa shape index (κ3) is 4.42. The van der Waals surface area contributed by atoms with Crippen molar-refractivity contribution < 1.29 is 19.1 Å². The fourth-order valence-corrected chi connectivity index (χ4v) is 3.49. The molecule has 8 nitrogen and oxygen atoms in total. The number of fused-ring (bicyclic) bond motifs is 2. The van der Waals surface area contributed by atoms with Crippen LogP contribution in [-0.2, 0) is 17.9 Å². The van der Waals surface area contributed by atoms with Crippen LogP contribution in [-0.4, -0.2) is 53.7 Å². The summed E-state index contributed by atoms with van der Waals surface area (Å²) in [6.07, 6.45) is 1.88. The minimum Gasteiger partial charge on any atom is -0.454 e. The second-order valence-electron chi connectivity index (χ2n) is 7.64. The predicted molar refractivity (Wildman–Crippen MR) is 118 cm³/mol. The molecule has 1 aliphatic heterocycles. The van der Waals surface area contributed by atoms with Gasteiger partial charge in [-0.05, 0) is 48.9 Å². The first-order valence-electron chi connectivity index (χ1n) is 10.2. The van der Waals surface area contributed by atoms with Gasteiger partial charge in [0.25, 0.3) is 0 Å². The minimum atomic E-state index is -0.179. The molecule has 0 fully saturated rings. The second-order valence-corrected chi connectivity index (χ2v) is 7.64. The molecule has 2 heterocycles. The van der Waals surface area contributed by atoms with Gasteiger partial charge in [0.1, 0.15) is 6.54 Å². The van der Waals surface area contributed by atoms with Crippen molar-refractivity contribution in [2.24, 2.45) is 0 Å². The standard InChI is InChI=1S/C23H26N4O4/c1-4-26(13-16-5-8-20-21(11-16)31-15-30-20)23(29)24-18-6-7-19-17(12-18)9-10-27(19)14-22(28)25(2)3/h5-12H,4,13-15H2,1-3H3,(H,24,29). The lowest BCUT2D eigenvalue weighted by molar-refractivity contribution is -0.129. The fraction of sp³-hybridized carbons (Fsp3) is 0.304. The molecule has 0 aliphatic carbocycles. The minimum absolute atomic E-state index is 0.0250. The highest BCUT2D eigenvalue weighted by molar-refractivity contribution is 5.93. The van der Waals surface area contributed by atoms with Crippen LogP contribution in [0, 0.1) is 0 Å². The molecule has 0 atom stereocenters. The van der Waals surface area contributed by atoms with E-state index in [1.54, 1.807) is 23.9 Å². The molecule has 31 heavy (non-hydrogen) atoms. The molecule has 1 aromatic heterocycles. The van der Waals surface area contributed by atoms with Gasteiger partial charge in [-0.25, -0.2) is 4.79 Å². The molecule has 3 aromatic rings. The number of hydrogen-bond acceptors (Lipinski definition) is 4. The fourth-order valence-electron chi connectivity index (χ4n) is 3.49. The third-order valence-corrected chi connectivity index (χ3v) is 5.31. The van der Waals surface area contributed by atoms with Gasteiger partial charge in [-0.15, -0.1) is 0 Å². The Kier molecular flexibility index (Phi) is 5.70. The topological polar surface area (TPSA) is 76.0 Å². The predicted octanol–water partition coefficient (Wildman–Crippen LogP) is 3.51. The molecule has 162 valence electrons. The van der Waals surface area contributed by atoms with Crippen LogP contribution in [0.5, 0.6) is 11.5 Å². The number of likely N-dealkylation sites (N-methyl/N-ethyl adjacent to an activating group) is 1. The lowest BCUT2D eigenvalue weighted by atomic mass is 10.2. The number of anilines is 1. The summed E-state index contributed by atoms with van der Waals surface area (Å²) in [6.45, 7) is 3.47. The number of urea groups is 1. The Morgan fingerprint density at radius 1 is 1.06 bits per heavy atom. The maximum Gasteiger partial charge on any atom is 0.322 e. The summed E-state index contributed by atoms with van der Waals surface area (Å²) in [5, 5.41) is 3.93. The van der Waals surface area contributed by atoms with E-state index < -0.39 is 0 Å². The van der Waals surface area contributed by atoms with Gasteiger partial charge in [-0.2, -0.15) is 0 Å². The Labute approximate surface area is 180 Å². The van der Waals surface area contributed by atoms with Crippen molar-refractivity contribution in [3.05, 3.63) is 54.2 Å². The number of carbonyl (C=O) groups is 2. The average Bonchev–Trinajstić information content (AvgIpc) is 3.38. The number of nitrogens with zero attached hydrogens (tertiary/aromatic N) is 3. The molecular weight excluding hydrogens is 396 g/mol. The summed E-state index contributed by atoms with van der Waals surface area (Å²) < 4.78 is 12.7. The first kappa shape index (κ1) is 20.6. The maximum absolute atomic E-state index is 12.8. The van der Waals surface area contributed by atoms with Gasteiger partial charge in [-0.3, -0.25) is 4.79 Å². The van der Waals surface area contributed by atoms with Gasteiger partial charge >= 0.3 is 6.03 Å². The SMILES string of the molecule is CCN(Cc1ccc2c(c1)OCO2)C(=O)Nc1ccc2c(ccn2CC(=O)N(C)C)c1. The Morgan fingerprint density at radius 3 is 2.65 bits per heavy atom. The van der Waals surface area contributed by atoms with Crippen molar-refractivity contribution in [1.82, 2.24) is 14.4 Å². The molecule has 0 saturated heterocycles. The molecule has 0 spiro atoms. The van der Waals surface area contributed by atoms with Crippen molar-refractivity contribution in [3.8, 4) is 11.5 Å². The van der Waals surface area contributed by atoms with Crippen LogP contribution in [0.3, 0.4) is 0 Å². The van der Waals surface area contributed by atoms with E-state index in [4.69, 9.17) is 9.47 Å². The van der Waals surface area contributed by atoms with E-state index in [1.165, 1.54) is 0 Å². The summed E-state index contributed by atoms with van der Waals surface area (Å²) in [7, 11) is 3.48. The Hall–Kier alpha value is -3.68. The zero-order valence-corrected chi connectivity index (χ0v) is 17.9. The van der Waals surface area contributed by atoms with Gasteiger partial charge in [-0.1, -0.05) is 6.07 Å². The Balaban J connectivity index is 1.44. The number of rotatable bonds is 6. The molecule has 8 heteroatoms. The van der Waals surface area contributed by atoms with Gasteiger partial charge < -0.3 is 29.2 Å². The molecule has 0 saturated carbocycles. The highest BCUT2D eigenvalue weighted by Gasteiger charge is 2.17. The van der Waals surface area contributed by atoms with E-state index in [0.29, 0.717) is 24.5 Å². The van der Waals surface area contributed by atoms with Crippen LogP contribution in [0.2, 0.25) is 0 Å². The molecule has 0 unspecified atom stereocenters. The van der Waals surface area contributed by atoms with E-state index >= 15 is 0 Å². The van der Waals surface area contributed by atoms with Crippen LogP contribution in [0.15, 0.2) is 48.7 Å². The number of amides is 3. The highest BCUT2D eigenvalue weighted by atomic mass is 16.7. The zero-order chi connectivity index (χ0) is 22.0. The normalized spacial score (nSPS) is 12.1. The van der Waals surface area contributed by atoms with E-state index in [1.807, 2.05) is 60.2 Å². The largest absolute Gasteiger partial charge is 0.454 e. The lowest BCUT2D eigenvalue weighted by Gasteiger charge is -2.22. The molecule has 3 amide bonds. The first-order valence-corrected chi connectivity index (χ1v) is 10.2. The quantitative estimate of drug-likeness (QED) is 0.660. The van der Waals surface area contributed by atoms with Crippen LogP contribution in [0.1, 0.15) is 12.5 Å². The van der Waals surface area contributed by atoms with Gasteiger partial charge in [0.2, 0.25) is 12.7 Å². The van der Waals surface area contributed by atoms with E-state index in [2.05, 4.69) is 5.32 Å². The van der Waals surface area contributed by atoms with E-state index in [0.717, 1.165) is 22.2 Å². The Morgan fingerprint density at radius 2 is 1.87 bits per heavy atom. The van der Waals surface area contributed by atoms with Gasteiger partial charge in [0.15, 0.2) is 11.5 Å². The summed E-state index contributed by atoms with van der Waals surface area (Å²) in [5.74, 6) is 1.46. The number of nitrogens with one attached hydrogen (secondary N) is 1. The average molecular weight is 422 g/mol. The van der Waals surface area contributed by atoms with Crippen molar-refractivity contribution >= 4 is 28.5 Å². The van der Waals surface area contributed by atoms with Crippen LogP contribution in [0.4, 0.5) is 10.5 Å². The first-order chi connectivity index (χ1) is 14.9. The van der Waals surface area contributed by atoms with Gasteiger partial charge in [0.05, 0.1) is 0 Å². The summed E-state index contributed by atoms with van der Waals surface area (Å²) in [4.78, 5) is 28.2.